The number of aliphatic carboxylic acids is 1. The van der Waals surface area contributed by atoms with E-state index in [0.717, 1.165) is 16.5 Å². The Morgan fingerprint density at radius 2 is 2.16 bits per heavy atom. The number of fused-ring (bicyclic) bond motifs is 4. The van der Waals surface area contributed by atoms with E-state index in [1.54, 1.807) is 17.4 Å². The monoisotopic (exact) mass is 358 g/mol. The Balaban J connectivity index is 0.00000157. The average Bonchev–Trinajstić information content (AvgIpc) is 3.24. The van der Waals surface area contributed by atoms with E-state index in [1.165, 1.54) is 9.73 Å². The van der Waals surface area contributed by atoms with E-state index in [4.69, 9.17) is 0 Å². The molecule has 1 amide bonds. The van der Waals surface area contributed by atoms with Crippen molar-refractivity contribution in [2.75, 3.05) is 0 Å². The van der Waals surface area contributed by atoms with Gasteiger partial charge in [0.2, 0.25) is 0 Å². The Bertz CT molecular complexity index is 1110. The van der Waals surface area contributed by atoms with Crippen LogP contribution in [0.5, 0.6) is 0 Å². The molecule has 2 aromatic heterocycles. The maximum absolute atomic E-state index is 12.3. The summed E-state index contributed by atoms with van der Waals surface area (Å²) in [5.74, 6) is -1.54. The maximum Gasteiger partial charge on any atom is 1.00 e. The largest absolute Gasteiger partial charge is 1.00 e. The first-order chi connectivity index (χ1) is 11.6. The fourth-order valence-electron chi connectivity index (χ4n) is 3.55. The van der Waals surface area contributed by atoms with Gasteiger partial charge in [0.05, 0.1) is 23.2 Å². The second-order valence-corrected chi connectivity index (χ2v) is 6.90. The van der Waals surface area contributed by atoms with Crippen molar-refractivity contribution in [3.63, 3.8) is 0 Å². The van der Waals surface area contributed by atoms with Crippen molar-refractivity contribution in [3.8, 4) is 0 Å². The third kappa shape index (κ3) is 2.33. The van der Waals surface area contributed by atoms with E-state index in [2.05, 4.69) is 16.5 Å². The van der Waals surface area contributed by atoms with E-state index in [0.29, 0.717) is 12.0 Å². The third-order valence-electron chi connectivity index (χ3n) is 4.69. The number of carbonyl (C=O) groups is 2. The molecule has 7 heteroatoms. The molecule has 5 rings (SSSR count). The topological polar surface area (TPSA) is 64.8 Å². The zero-order valence-electron chi connectivity index (χ0n) is 13.4. The van der Waals surface area contributed by atoms with Crippen LogP contribution in [0.2, 0.25) is 0 Å². The molecule has 4 heterocycles. The van der Waals surface area contributed by atoms with Gasteiger partial charge in [0.1, 0.15) is 4.83 Å². The summed E-state index contributed by atoms with van der Waals surface area (Å²) in [6, 6.07) is 8.05. The smallest absolute Gasteiger partial charge is 0.543 e. The Morgan fingerprint density at radius 3 is 2.96 bits per heavy atom. The molecule has 0 saturated carbocycles. The van der Waals surface area contributed by atoms with Crippen molar-refractivity contribution < 1.29 is 44.3 Å². The van der Waals surface area contributed by atoms with Crippen LogP contribution >= 0.6 is 11.3 Å². The predicted octanol–water partition coefficient (Wildman–Crippen LogP) is -1.21. The molecule has 0 radical (unpaired) electrons. The standard InChI is InChI=1S/C18H12N2O3S.Na/c21-17-12(13-3-4-14(18(22)23)20(13)17)7-10-1-2-11-9-16-19(5-6-24-16)15(11)8-10;/h1-2,4-9,13H,3H2,(H,22,23);/q;+1/p-1/b12-7+;. The van der Waals surface area contributed by atoms with Gasteiger partial charge in [0.25, 0.3) is 5.91 Å². The Kier molecular flexibility index (Phi) is 3.88. The molecule has 3 aromatic rings. The van der Waals surface area contributed by atoms with Crippen LogP contribution in [0, 0.1) is 0 Å². The Morgan fingerprint density at radius 1 is 1.32 bits per heavy atom. The van der Waals surface area contributed by atoms with Gasteiger partial charge in [0, 0.05) is 22.5 Å². The molecule has 1 aromatic carbocycles. The summed E-state index contributed by atoms with van der Waals surface area (Å²) in [5, 5.41) is 14.2. The summed E-state index contributed by atoms with van der Waals surface area (Å²) in [6.45, 7) is 0. The average molecular weight is 358 g/mol. The summed E-state index contributed by atoms with van der Waals surface area (Å²) < 4.78 is 2.13. The fourth-order valence-corrected chi connectivity index (χ4v) is 4.34. The molecular formula is C18H11N2NaO3S. The molecule has 118 valence electrons. The summed E-state index contributed by atoms with van der Waals surface area (Å²) in [7, 11) is 0. The number of β-lactam (4-membered cyclic amide) rings is 1. The first-order valence-electron chi connectivity index (χ1n) is 7.58. The number of hydrogen-bond donors (Lipinski definition) is 0. The normalized spacial score (nSPS) is 20.6. The molecule has 1 atom stereocenters. The van der Waals surface area contributed by atoms with Gasteiger partial charge in [-0.25, -0.2) is 0 Å². The number of carboxylic acid groups (broad SMARTS) is 1. The molecule has 0 N–H and O–H groups in total. The molecule has 25 heavy (non-hydrogen) atoms. The van der Waals surface area contributed by atoms with Crippen LogP contribution < -0.4 is 34.7 Å². The van der Waals surface area contributed by atoms with Gasteiger partial charge < -0.3 is 14.3 Å². The molecule has 1 fully saturated rings. The van der Waals surface area contributed by atoms with Crippen molar-refractivity contribution in [1.29, 1.82) is 0 Å². The number of thiazole rings is 1. The Hall–Kier alpha value is -1.86. The van der Waals surface area contributed by atoms with Gasteiger partial charge in [-0.05, 0) is 30.2 Å². The van der Waals surface area contributed by atoms with E-state index < -0.39 is 5.97 Å². The van der Waals surface area contributed by atoms with Gasteiger partial charge >= 0.3 is 29.6 Å². The minimum atomic E-state index is -1.29. The number of rotatable bonds is 2. The van der Waals surface area contributed by atoms with Crippen molar-refractivity contribution in [2.45, 2.75) is 12.5 Å². The second-order valence-electron chi connectivity index (χ2n) is 5.98. The van der Waals surface area contributed by atoms with Crippen LogP contribution in [0.1, 0.15) is 12.0 Å². The number of carbonyl (C=O) groups excluding carboxylic acids is 2. The number of hydrogen-bond acceptors (Lipinski definition) is 4. The van der Waals surface area contributed by atoms with Gasteiger partial charge in [-0.2, -0.15) is 0 Å². The van der Waals surface area contributed by atoms with Crippen molar-refractivity contribution >= 4 is 45.0 Å². The molecule has 0 spiro atoms. The number of benzene rings is 1. The van der Waals surface area contributed by atoms with Crippen LogP contribution in [0.25, 0.3) is 21.8 Å². The van der Waals surface area contributed by atoms with E-state index in [-0.39, 0.29) is 47.2 Å². The van der Waals surface area contributed by atoms with Crippen LogP contribution in [0.15, 0.2) is 53.2 Å². The van der Waals surface area contributed by atoms with Crippen LogP contribution in [-0.4, -0.2) is 27.2 Å². The quantitative estimate of drug-likeness (QED) is 0.328. The SMILES string of the molecule is O=C([O-])C1=CCC2/C(=C\c3ccc4cc5sccn5c4c3)C(=O)N12.[Na+]. The van der Waals surface area contributed by atoms with Crippen LogP contribution in [0.4, 0.5) is 0 Å². The third-order valence-corrected chi connectivity index (χ3v) is 5.50. The van der Waals surface area contributed by atoms with Crippen molar-refractivity contribution in [2.24, 2.45) is 0 Å². The summed E-state index contributed by atoms with van der Waals surface area (Å²) >= 11 is 1.68. The second kappa shape index (κ2) is 5.85. The summed E-state index contributed by atoms with van der Waals surface area (Å²) in [5.41, 5.74) is 2.69. The van der Waals surface area contributed by atoms with Gasteiger partial charge in [-0.15, -0.1) is 11.3 Å². The van der Waals surface area contributed by atoms with E-state index >= 15 is 0 Å². The summed E-state index contributed by atoms with van der Waals surface area (Å²) in [4.78, 5) is 25.8. The first kappa shape index (κ1) is 16.6. The molecular weight excluding hydrogens is 347 g/mol. The molecule has 1 saturated heterocycles. The fraction of sp³-hybridized carbons (Fsp3) is 0.111. The number of carboxylic acids is 1. The van der Waals surface area contributed by atoms with Gasteiger partial charge in [-0.3, -0.25) is 9.69 Å². The number of aromatic nitrogens is 1. The van der Waals surface area contributed by atoms with E-state index in [9.17, 15) is 14.7 Å². The molecule has 1 unspecified atom stereocenters. The molecule has 0 bridgehead atoms. The van der Waals surface area contributed by atoms with Crippen LogP contribution in [0.3, 0.4) is 0 Å². The van der Waals surface area contributed by atoms with E-state index in [1.807, 2.05) is 29.8 Å². The molecule has 2 aliphatic rings. The summed E-state index contributed by atoms with van der Waals surface area (Å²) in [6.07, 6.45) is 5.98. The Labute approximate surface area is 169 Å². The number of amides is 1. The molecule has 2 aliphatic heterocycles. The van der Waals surface area contributed by atoms with Gasteiger partial charge in [-0.1, -0.05) is 18.2 Å². The first-order valence-corrected chi connectivity index (χ1v) is 8.46. The van der Waals surface area contributed by atoms with Crippen molar-refractivity contribution in [1.82, 2.24) is 9.30 Å². The van der Waals surface area contributed by atoms with Crippen molar-refractivity contribution in [3.05, 3.63) is 58.8 Å². The predicted molar refractivity (Wildman–Crippen MR) is 89.1 cm³/mol. The zero-order valence-corrected chi connectivity index (χ0v) is 16.2. The maximum atomic E-state index is 12.3. The van der Waals surface area contributed by atoms with Gasteiger partial charge in [0.15, 0.2) is 0 Å². The number of nitrogens with zero attached hydrogens (tertiary/aromatic N) is 2. The zero-order chi connectivity index (χ0) is 16.4. The molecule has 5 nitrogen and oxygen atoms in total. The minimum absolute atomic E-state index is 0. The molecule has 0 aliphatic carbocycles. The van der Waals surface area contributed by atoms with Crippen LogP contribution in [-0.2, 0) is 9.59 Å². The minimum Gasteiger partial charge on any atom is -0.543 e.